The highest BCUT2D eigenvalue weighted by atomic mass is 35.5. The maximum absolute atomic E-state index is 12.0. The van der Waals surface area contributed by atoms with E-state index in [4.69, 9.17) is 22.2 Å². The van der Waals surface area contributed by atoms with Gasteiger partial charge < -0.3 is 9.30 Å². The van der Waals surface area contributed by atoms with Crippen molar-refractivity contribution < 1.29 is 9.53 Å². The molecule has 0 saturated heterocycles. The number of rotatable bonds is 4. The first-order valence-electron chi connectivity index (χ1n) is 5.93. The molecule has 0 aliphatic carbocycles. The minimum Gasteiger partial charge on any atom is -0.495 e. The molecule has 20 heavy (non-hydrogen) atoms. The van der Waals surface area contributed by atoms with Gasteiger partial charge in [0.1, 0.15) is 5.75 Å². The molecule has 1 aromatic heterocycles. The van der Waals surface area contributed by atoms with E-state index in [2.05, 4.69) is 5.43 Å². The van der Waals surface area contributed by atoms with Gasteiger partial charge in [-0.3, -0.25) is 15.0 Å². The summed E-state index contributed by atoms with van der Waals surface area (Å²) in [4.78, 5) is 23.2. The van der Waals surface area contributed by atoms with E-state index in [0.717, 1.165) is 0 Å². The Labute approximate surface area is 120 Å². The van der Waals surface area contributed by atoms with Gasteiger partial charge in [-0.15, -0.1) is 0 Å². The SMILES string of the molecule is COc1ccc(Cl)c2c(=O)ccn(CCC(=O)NN)c12. The fourth-order valence-corrected chi connectivity index (χ4v) is 2.27. The van der Waals surface area contributed by atoms with E-state index in [1.807, 2.05) is 0 Å². The number of methoxy groups -OCH3 is 1. The summed E-state index contributed by atoms with van der Waals surface area (Å²) in [5.74, 6) is 5.28. The number of nitrogens with one attached hydrogen (secondary N) is 1. The predicted octanol–water partition coefficient (Wildman–Crippen LogP) is 1.04. The summed E-state index contributed by atoms with van der Waals surface area (Å²) in [6.45, 7) is 0.358. The second kappa shape index (κ2) is 5.94. The lowest BCUT2D eigenvalue weighted by molar-refractivity contribution is -0.121. The van der Waals surface area contributed by atoms with Crippen LogP contribution in [0.2, 0.25) is 5.02 Å². The van der Waals surface area contributed by atoms with Crippen molar-refractivity contribution in [3.8, 4) is 5.75 Å². The van der Waals surface area contributed by atoms with Crippen LogP contribution in [0, 0.1) is 0 Å². The summed E-state index contributed by atoms with van der Waals surface area (Å²) in [5, 5.41) is 0.727. The largest absolute Gasteiger partial charge is 0.495 e. The lowest BCUT2D eigenvalue weighted by Gasteiger charge is -2.14. The second-order valence-electron chi connectivity index (χ2n) is 4.16. The fourth-order valence-electron chi connectivity index (χ4n) is 2.03. The average molecular weight is 296 g/mol. The number of aromatic nitrogens is 1. The first-order valence-corrected chi connectivity index (χ1v) is 6.31. The molecule has 0 fully saturated rings. The Kier molecular flexibility index (Phi) is 4.26. The molecule has 6 nitrogen and oxygen atoms in total. The molecule has 0 saturated carbocycles. The molecule has 0 aliphatic rings. The zero-order chi connectivity index (χ0) is 14.7. The molecule has 1 amide bonds. The van der Waals surface area contributed by atoms with Crippen LogP contribution in [0.15, 0.2) is 29.2 Å². The topological polar surface area (TPSA) is 86.3 Å². The Hall–Kier alpha value is -2.05. The van der Waals surface area contributed by atoms with Crippen LogP contribution in [-0.4, -0.2) is 17.6 Å². The van der Waals surface area contributed by atoms with Crippen molar-refractivity contribution in [3.05, 3.63) is 39.6 Å². The van der Waals surface area contributed by atoms with E-state index >= 15 is 0 Å². The highest BCUT2D eigenvalue weighted by Gasteiger charge is 2.12. The van der Waals surface area contributed by atoms with Crippen LogP contribution >= 0.6 is 11.6 Å². The number of hydrogen-bond acceptors (Lipinski definition) is 4. The van der Waals surface area contributed by atoms with Gasteiger partial charge in [0.05, 0.1) is 23.0 Å². The molecule has 1 heterocycles. The standard InChI is InChI=1S/C13H14ClN3O3/c1-20-10-3-2-8(14)12-9(18)4-6-17(13(10)12)7-5-11(19)16-15/h2-4,6H,5,7,15H2,1H3,(H,16,19). The molecular formula is C13H14ClN3O3. The van der Waals surface area contributed by atoms with Crippen LogP contribution in [0.1, 0.15) is 6.42 Å². The van der Waals surface area contributed by atoms with Crippen molar-refractivity contribution in [3.63, 3.8) is 0 Å². The lowest BCUT2D eigenvalue weighted by atomic mass is 10.2. The maximum Gasteiger partial charge on any atom is 0.235 e. The third kappa shape index (κ3) is 2.61. The van der Waals surface area contributed by atoms with Gasteiger partial charge in [0.15, 0.2) is 5.43 Å². The van der Waals surface area contributed by atoms with E-state index in [9.17, 15) is 9.59 Å². The van der Waals surface area contributed by atoms with Crippen LogP contribution in [0.25, 0.3) is 10.9 Å². The quantitative estimate of drug-likeness (QED) is 0.501. The van der Waals surface area contributed by atoms with Gasteiger partial charge in [-0.1, -0.05) is 11.6 Å². The van der Waals surface area contributed by atoms with Crippen LogP contribution in [0.4, 0.5) is 0 Å². The zero-order valence-electron chi connectivity index (χ0n) is 10.9. The number of nitrogens with zero attached hydrogens (tertiary/aromatic N) is 1. The first-order chi connectivity index (χ1) is 9.58. The number of carbonyl (C=O) groups excluding carboxylic acids is 1. The van der Waals surface area contributed by atoms with Gasteiger partial charge in [-0.05, 0) is 12.1 Å². The Morgan fingerprint density at radius 2 is 2.20 bits per heavy atom. The van der Waals surface area contributed by atoms with Crippen LogP contribution in [0.5, 0.6) is 5.75 Å². The average Bonchev–Trinajstić information content (AvgIpc) is 2.46. The third-order valence-electron chi connectivity index (χ3n) is 2.99. The third-order valence-corrected chi connectivity index (χ3v) is 3.31. The molecule has 0 atom stereocenters. The minimum atomic E-state index is -0.294. The molecule has 7 heteroatoms. The number of nitrogens with two attached hydrogens (primary N) is 1. The van der Waals surface area contributed by atoms with E-state index in [1.54, 1.807) is 22.9 Å². The van der Waals surface area contributed by atoms with Crippen molar-refractivity contribution in [2.75, 3.05) is 7.11 Å². The normalized spacial score (nSPS) is 10.6. The number of hydrazine groups is 1. The van der Waals surface area contributed by atoms with Gasteiger partial charge >= 0.3 is 0 Å². The number of hydrogen-bond donors (Lipinski definition) is 2. The van der Waals surface area contributed by atoms with Gasteiger partial charge in [0.25, 0.3) is 0 Å². The van der Waals surface area contributed by atoms with Crippen molar-refractivity contribution >= 4 is 28.4 Å². The monoisotopic (exact) mass is 295 g/mol. The summed E-state index contributed by atoms with van der Waals surface area (Å²) in [5.41, 5.74) is 2.44. The predicted molar refractivity (Wildman–Crippen MR) is 76.7 cm³/mol. The van der Waals surface area contributed by atoms with E-state index in [1.165, 1.54) is 13.2 Å². The number of ether oxygens (including phenoxy) is 1. The van der Waals surface area contributed by atoms with E-state index in [-0.39, 0.29) is 17.8 Å². The molecule has 0 radical (unpaired) electrons. The Balaban J connectivity index is 2.60. The van der Waals surface area contributed by atoms with Gasteiger partial charge in [-0.2, -0.15) is 0 Å². The summed E-state index contributed by atoms with van der Waals surface area (Å²) in [6.07, 6.45) is 1.79. The number of fused-ring (bicyclic) bond motifs is 1. The first kappa shape index (κ1) is 14.4. The molecule has 2 rings (SSSR count). The van der Waals surface area contributed by atoms with Crippen LogP contribution in [-0.2, 0) is 11.3 Å². The Morgan fingerprint density at radius 1 is 1.45 bits per heavy atom. The molecule has 1 aromatic carbocycles. The van der Waals surface area contributed by atoms with E-state index in [0.29, 0.717) is 28.2 Å². The summed E-state index contributed by atoms with van der Waals surface area (Å²) in [7, 11) is 1.51. The fraction of sp³-hybridized carbons (Fsp3) is 0.231. The molecule has 3 N–H and O–H groups in total. The van der Waals surface area contributed by atoms with Crippen molar-refractivity contribution in [2.24, 2.45) is 5.84 Å². The number of pyridine rings is 1. The number of carbonyl (C=O) groups is 1. The number of aryl methyl sites for hydroxylation is 1. The highest BCUT2D eigenvalue weighted by molar-refractivity contribution is 6.35. The Morgan fingerprint density at radius 3 is 2.85 bits per heavy atom. The van der Waals surface area contributed by atoms with Crippen LogP contribution in [0.3, 0.4) is 0 Å². The molecule has 0 unspecified atom stereocenters. The van der Waals surface area contributed by atoms with Gasteiger partial charge in [0, 0.05) is 25.2 Å². The molecule has 0 aliphatic heterocycles. The molecule has 106 valence electrons. The van der Waals surface area contributed by atoms with E-state index < -0.39 is 0 Å². The van der Waals surface area contributed by atoms with Crippen molar-refractivity contribution in [2.45, 2.75) is 13.0 Å². The zero-order valence-corrected chi connectivity index (χ0v) is 11.6. The minimum absolute atomic E-state index is 0.185. The van der Waals surface area contributed by atoms with Crippen molar-refractivity contribution in [1.29, 1.82) is 0 Å². The number of amides is 1. The maximum atomic E-state index is 12.0. The molecular weight excluding hydrogens is 282 g/mol. The summed E-state index contributed by atoms with van der Waals surface area (Å²) >= 11 is 6.09. The van der Waals surface area contributed by atoms with Crippen LogP contribution < -0.4 is 21.4 Å². The second-order valence-corrected chi connectivity index (χ2v) is 4.57. The summed E-state index contributed by atoms with van der Waals surface area (Å²) < 4.78 is 7.01. The lowest BCUT2D eigenvalue weighted by Crippen LogP contribution is -2.30. The number of benzene rings is 1. The van der Waals surface area contributed by atoms with Gasteiger partial charge in [-0.25, -0.2) is 5.84 Å². The molecule has 0 spiro atoms. The molecule has 2 aromatic rings. The molecule has 0 bridgehead atoms. The van der Waals surface area contributed by atoms with Gasteiger partial charge in [0.2, 0.25) is 5.91 Å². The highest BCUT2D eigenvalue weighted by Crippen LogP contribution is 2.29. The number of halogens is 1. The Bertz CT molecular complexity index is 712. The van der Waals surface area contributed by atoms with Crippen molar-refractivity contribution in [1.82, 2.24) is 9.99 Å². The summed E-state index contributed by atoms with van der Waals surface area (Å²) in [6, 6.07) is 4.71. The smallest absolute Gasteiger partial charge is 0.235 e.